The second-order valence-electron chi connectivity index (χ2n) is 6.11. The first-order valence-corrected chi connectivity index (χ1v) is 9.37. The molecule has 5 heterocycles. The smallest absolute Gasteiger partial charge is 0.242 e. The van der Waals surface area contributed by atoms with Gasteiger partial charge in [-0.3, -0.25) is 5.10 Å². The van der Waals surface area contributed by atoms with Crippen molar-refractivity contribution in [2.45, 2.75) is 20.0 Å². The molecule has 0 spiro atoms. The third-order valence-electron chi connectivity index (χ3n) is 4.20. The van der Waals surface area contributed by atoms with Gasteiger partial charge in [-0.1, -0.05) is 5.16 Å². The number of ether oxygens (including phenoxy) is 1. The van der Waals surface area contributed by atoms with Crippen LogP contribution in [0.3, 0.4) is 0 Å². The van der Waals surface area contributed by atoms with E-state index in [1.54, 1.807) is 28.1 Å². The molecule has 5 aromatic rings. The third-order valence-corrected chi connectivity index (χ3v) is 4.88. The summed E-state index contributed by atoms with van der Waals surface area (Å²) < 4.78 is 13.0. The molecule has 5 aromatic heterocycles. The van der Waals surface area contributed by atoms with Gasteiger partial charge in [-0.25, -0.2) is 9.50 Å². The maximum absolute atomic E-state index is 6.13. The molecule has 0 aromatic carbocycles. The zero-order valence-corrected chi connectivity index (χ0v) is 15.7. The summed E-state index contributed by atoms with van der Waals surface area (Å²) in [6, 6.07) is 3.79. The van der Waals surface area contributed by atoms with Crippen LogP contribution in [0.25, 0.3) is 28.2 Å². The van der Waals surface area contributed by atoms with E-state index in [9.17, 15) is 0 Å². The number of aryl methyl sites for hydroxylation is 1. The predicted octanol–water partition coefficient (Wildman–Crippen LogP) is 3.07. The van der Waals surface area contributed by atoms with Gasteiger partial charge in [-0.05, 0) is 30.7 Å². The Labute approximate surface area is 162 Å². The van der Waals surface area contributed by atoms with Gasteiger partial charge in [0.15, 0.2) is 17.6 Å². The van der Waals surface area contributed by atoms with Crippen LogP contribution in [-0.2, 0) is 0 Å². The van der Waals surface area contributed by atoms with Crippen molar-refractivity contribution in [3.8, 4) is 28.5 Å². The molecule has 10 nitrogen and oxygen atoms in total. The Morgan fingerprint density at radius 1 is 1.36 bits per heavy atom. The minimum atomic E-state index is -0.372. The van der Waals surface area contributed by atoms with Gasteiger partial charge in [-0.15, -0.1) is 10.2 Å². The first-order chi connectivity index (χ1) is 13.7. The number of nitrogens with zero attached hydrogens (tertiary/aromatic N) is 7. The summed E-state index contributed by atoms with van der Waals surface area (Å²) in [7, 11) is 0. The molecule has 0 aliphatic carbocycles. The largest absolute Gasteiger partial charge is 0.465 e. The number of rotatable bonds is 5. The van der Waals surface area contributed by atoms with E-state index < -0.39 is 0 Å². The molecule has 0 amide bonds. The van der Waals surface area contributed by atoms with Crippen LogP contribution in [0.1, 0.15) is 24.6 Å². The number of hydrogen-bond acceptors (Lipinski definition) is 9. The van der Waals surface area contributed by atoms with Crippen LogP contribution in [-0.4, -0.2) is 40.1 Å². The standard InChI is InChI=1S/C17H14N8O2S/c1-9-5-12(24-27-9)16-22-19-6-13-14(11-3-4-28-7-11)17(23-25(13)16)26-10(2)15-18-8-20-21-15/h3-8,10H,1-2H3,(H,18,20,21). The molecule has 0 bridgehead atoms. The topological polar surface area (TPSA) is 120 Å². The first kappa shape index (κ1) is 16.6. The summed E-state index contributed by atoms with van der Waals surface area (Å²) in [4.78, 5) is 4.16. The molecule has 0 aliphatic heterocycles. The van der Waals surface area contributed by atoms with Crippen LogP contribution in [0.5, 0.6) is 5.88 Å². The van der Waals surface area contributed by atoms with E-state index in [-0.39, 0.29) is 6.10 Å². The average molecular weight is 394 g/mol. The summed E-state index contributed by atoms with van der Waals surface area (Å²) in [5, 5.41) is 27.8. The van der Waals surface area contributed by atoms with Crippen LogP contribution in [0.4, 0.5) is 0 Å². The van der Waals surface area contributed by atoms with Gasteiger partial charge < -0.3 is 9.26 Å². The van der Waals surface area contributed by atoms with Crippen molar-refractivity contribution in [2.75, 3.05) is 0 Å². The summed E-state index contributed by atoms with van der Waals surface area (Å²) in [5.41, 5.74) is 3.10. The predicted molar refractivity (Wildman–Crippen MR) is 99.8 cm³/mol. The number of aromatic amines is 1. The van der Waals surface area contributed by atoms with Crippen LogP contribution in [0.2, 0.25) is 0 Å². The zero-order valence-electron chi connectivity index (χ0n) is 14.9. The second-order valence-corrected chi connectivity index (χ2v) is 6.89. The third kappa shape index (κ3) is 2.72. The fraction of sp³-hybridized carbons (Fsp3) is 0.176. The molecule has 0 saturated heterocycles. The minimum Gasteiger partial charge on any atom is -0.465 e. The Bertz CT molecular complexity index is 1230. The Kier molecular flexibility index (Phi) is 3.86. The van der Waals surface area contributed by atoms with Crippen LogP contribution >= 0.6 is 11.3 Å². The van der Waals surface area contributed by atoms with Crippen molar-refractivity contribution in [1.82, 2.24) is 40.1 Å². The second kappa shape index (κ2) is 6.53. The van der Waals surface area contributed by atoms with Crippen molar-refractivity contribution in [2.24, 2.45) is 0 Å². The van der Waals surface area contributed by atoms with Crippen LogP contribution in [0.15, 0.2) is 39.9 Å². The molecular formula is C17H14N8O2S. The molecule has 0 aliphatic rings. The normalized spacial score (nSPS) is 12.5. The van der Waals surface area contributed by atoms with E-state index in [1.807, 2.05) is 30.7 Å². The fourth-order valence-electron chi connectivity index (χ4n) is 2.90. The summed E-state index contributed by atoms with van der Waals surface area (Å²) in [5.74, 6) is 2.19. The lowest BCUT2D eigenvalue weighted by Crippen LogP contribution is -2.06. The van der Waals surface area contributed by atoms with Gasteiger partial charge in [0.05, 0.1) is 11.8 Å². The summed E-state index contributed by atoms with van der Waals surface area (Å²) in [6.45, 7) is 3.69. The molecule has 0 fully saturated rings. The van der Waals surface area contributed by atoms with Crippen molar-refractivity contribution < 1.29 is 9.26 Å². The Morgan fingerprint density at radius 3 is 3.00 bits per heavy atom. The quantitative estimate of drug-likeness (QED) is 0.483. The van der Waals surface area contributed by atoms with Crippen LogP contribution < -0.4 is 4.74 Å². The highest BCUT2D eigenvalue weighted by molar-refractivity contribution is 7.08. The summed E-state index contributed by atoms with van der Waals surface area (Å²) >= 11 is 1.59. The van der Waals surface area contributed by atoms with E-state index >= 15 is 0 Å². The van der Waals surface area contributed by atoms with E-state index in [1.165, 1.54) is 6.33 Å². The van der Waals surface area contributed by atoms with Crippen LogP contribution in [0, 0.1) is 6.92 Å². The number of nitrogens with one attached hydrogen (secondary N) is 1. The lowest BCUT2D eigenvalue weighted by molar-refractivity contribution is 0.208. The number of aromatic nitrogens is 8. The molecule has 5 rings (SSSR count). The number of hydrogen-bond donors (Lipinski definition) is 1. The first-order valence-electron chi connectivity index (χ1n) is 8.43. The Balaban J connectivity index is 1.69. The van der Waals surface area contributed by atoms with Gasteiger partial charge in [0.1, 0.15) is 17.6 Å². The molecule has 0 radical (unpaired) electrons. The number of H-pyrrole nitrogens is 1. The highest BCUT2D eigenvalue weighted by atomic mass is 32.1. The van der Waals surface area contributed by atoms with Crippen molar-refractivity contribution in [3.63, 3.8) is 0 Å². The van der Waals surface area contributed by atoms with Gasteiger partial charge >= 0.3 is 0 Å². The average Bonchev–Trinajstić information content (AvgIpc) is 3.47. The molecule has 28 heavy (non-hydrogen) atoms. The Hall–Kier alpha value is -3.60. The molecule has 11 heteroatoms. The fourth-order valence-corrected chi connectivity index (χ4v) is 3.54. The van der Waals surface area contributed by atoms with Crippen molar-refractivity contribution >= 4 is 16.9 Å². The molecular weight excluding hydrogens is 380 g/mol. The van der Waals surface area contributed by atoms with Gasteiger partial charge in [0, 0.05) is 11.6 Å². The SMILES string of the molecule is Cc1cc(-c2nncc3c(-c4ccsc4)c(OC(C)c4ncn[nH]4)nn23)no1. The lowest BCUT2D eigenvalue weighted by atomic mass is 10.1. The monoisotopic (exact) mass is 394 g/mol. The zero-order chi connectivity index (χ0) is 19.1. The highest BCUT2D eigenvalue weighted by Gasteiger charge is 2.23. The van der Waals surface area contributed by atoms with Gasteiger partial charge in [0.25, 0.3) is 0 Å². The molecule has 140 valence electrons. The summed E-state index contributed by atoms with van der Waals surface area (Å²) in [6.07, 6.45) is 2.73. The van der Waals surface area contributed by atoms with Gasteiger partial charge in [-0.2, -0.15) is 21.5 Å². The molecule has 0 saturated carbocycles. The molecule has 1 N–H and O–H groups in total. The lowest BCUT2D eigenvalue weighted by Gasteiger charge is -2.10. The highest BCUT2D eigenvalue weighted by Crippen LogP contribution is 2.37. The van der Waals surface area contributed by atoms with E-state index in [0.717, 1.165) is 16.6 Å². The molecule has 1 unspecified atom stereocenters. The van der Waals surface area contributed by atoms with Crippen molar-refractivity contribution in [1.29, 1.82) is 0 Å². The maximum Gasteiger partial charge on any atom is 0.242 e. The maximum atomic E-state index is 6.13. The number of thiophene rings is 1. The van der Waals surface area contributed by atoms with Crippen molar-refractivity contribution in [3.05, 3.63) is 47.0 Å². The van der Waals surface area contributed by atoms with Gasteiger partial charge in [0.2, 0.25) is 11.7 Å². The van der Waals surface area contributed by atoms with E-state index in [0.29, 0.717) is 29.0 Å². The molecule has 1 atom stereocenters. The Morgan fingerprint density at radius 2 is 2.29 bits per heavy atom. The van der Waals surface area contributed by atoms with E-state index in [4.69, 9.17) is 9.26 Å². The number of fused-ring (bicyclic) bond motifs is 1. The van der Waals surface area contributed by atoms with E-state index in [2.05, 4.69) is 35.6 Å². The minimum absolute atomic E-state index is 0.372.